The quantitative estimate of drug-likeness (QED) is 0.747. The van der Waals surface area contributed by atoms with Crippen molar-refractivity contribution in [3.63, 3.8) is 0 Å². The van der Waals surface area contributed by atoms with Crippen LogP contribution in [-0.4, -0.2) is 41.2 Å². The zero-order chi connectivity index (χ0) is 20.9. The highest BCUT2D eigenvalue weighted by Gasteiger charge is 2.32. The van der Waals surface area contributed by atoms with Crippen molar-refractivity contribution in [1.82, 2.24) is 4.90 Å². The molecule has 1 amide bonds. The van der Waals surface area contributed by atoms with Crippen LogP contribution < -0.4 is 4.74 Å². The summed E-state index contributed by atoms with van der Waals surface area (Å²) in [5.74, 6) is 0.264. The first kappa shape index (κ1) is 21.6. The van der Waals surface area contributed by atoms with E-state index in [1.807, 2.05) is 19.1 Å². The van der Waals surface area contributed by atoms with Crippen LogP contribution in [0.2, 0.25) is 5.02 Å². The normalized spacial score (nSPS) is 19.7. The molecule has 0 saturated carbocycles. The van der Waals surface area contributed by atoms with E-state index in [-0.39, 0.29) is 24.8 Å². The molecule has 1 fully saturated rings. The predicted octanol–water partition coefficient (Wildman–Crippen LogP) is 4.54. The number of nitrogens with zero attached hydrogens (tertiary/aromatic N) is 1. The molecule has 1 saturated heterocycles. The van der Waals surface area contributed by atoms with Crippen LogP contribution in [0.25, 0.3) is 0 Å². The molecule has 3 rings (SSSR count). The van der Waals surface area contributed by atoms with E-state index >= 15 is 0 Å². The van der Waals surface area contributed by atoms with Gasteiger partial charge in [-0.25, -0.2) is 4.39 Å². The van der Waals surface area contributed by atoms with E-state index < -0.39 is 5.60 Å². The van der Waals surface area contributed by atoms with E-state index in [0.717, 1.165) is 5.56 Å². The summed E-state index contributed by atoms with van der Waals surface area (Å²) in [6, 6.07) is 12.1. The number of aliphatic hydroxyl groups is 1. The Bertz CT molecular complexity index is 860. The van der Waals surface area contributed by atoms with Crippen molar-refractivity contribution in [3.8, 4) is 5.75 Å². The Balaban J connectivity index is 1.52. The van der Waals surface area contributed by atoms with Gasteiger partial charge in [-0.1, -0.05) is 35.9 Å². The first-order chi connectivity index (χ1) is 13.9. The van der Waals surface area contributed by atoms with Gasteiger partial charge in [0.05, 0.1) is 5.02 Å². The van der Waals surface area contributed by atoms with Gasteiger partial charge in [0.25, 0.3) is 0 Å². The second-order valence-corrected chi connectivity index (χ2v) is 8.18. The summed E-state index contributed by atoms with van der Waals surface area (Å²) in [5.41, 5.74) is 0.577. The van der Waals surface area contributed by atoms with Crippen molar-refractivity contribution in [3.05, 3.63) is 64.4 Å². The fourth-order valence-electron chi connectivity index (χ4n) is 3.61. The zero-order valence-electron chi connectivity index (χ0n) is 16.7. The smallest absolute Gasteiger partial charge is 0.222 e. The second kappa shape index (κ2) is 9.59. The van der Waals surface area contributed by atoms with Crippen molar-refractivity contribution in [1.29, 1.82) is 0 Å². The Morgan fingerprint density at radius 2 is 2.03 bits per heavy atom. The van der Waals surface area contributed by atoms with E-state index in [1.165, 1.54) is 6.07 Å². The van der Waals surface area contributed by atoms with Gasteiger partial charge >= 0.3 is 0 Å². The average Bonchev–Trinajstić information content (AvgIpc) is 2.90. The SMILES string of the molecule is Cc1ccc(Cl)c(OCC2(O)CCCN(C(=O)CCc3ccccc3F)CC2)c1. The van der Waals surface area contributed by atoms with Gasteiger partial charge < -0.3 is 14.7 Å². The summed E-state index contributed by atoms with van der Waals surface area (Å²) < 4.78 is 19.5. The Labute approximate surface area is 176 Å². The van der Waals surface area contributed by atoms with Gasteiger partial charge in [0.15, 0.2) is 0 Å². The van der Waals surface area contributed by atoms with Gasteiger partial charge in [0.2, 0.25) is 5.91 Å². The average molecular weight is 420 g/mol. The molecule has 1 aliphatic rings. The van der Waals surface area contributed by atoms with E-state index in [9.17, 15) is 14.3 Å². The lowest BCUT2D eigenvalue weighted by molar-refractivity contribution is -0.131. The number of amides is 1. The van der Waals surface area contributed by atoms with Crippen molar-refractivity contribution in [2.75, 3.05) is 19.7 Å². The molecule has 1 atom stereocenters. The number of halogens is 2. The van der Waals surface area contributed by atoms with Crippen LogP contribution in [0.5, 0.6) is 5.75 Å². The van der Waals surface area contributed by atoms with Crippen LogP contribution in [0.15, 0.2) is 42.5 Å². The van der Waals surface area contributed by atoms with Gasteiger partial charge in [-0.2, -0.15) is 0 Å². The maximum absolute atomic E-state index is 13.7. The molecule has 1 unspecified atom stereocenters. The van der Waals surface area contributed by atoms with E-state index in [0.29, 0.717) is 55.1 Å². The van der Waals surface area contributed by atoms with E-state index in [4.69, 9.17) is 16.3 Å². The van der Waals surface area contributed by atoms with Crippen molar-refractivity contribution >= 4 is 17.5 Å². The summed E-state index contributed by atoms with van der Waals surface area (Å²) in [4.78, 5) is 14.3. The summed E-state index contributed by atoms with van der Waals surface area (Å²) in [7, 11) is 0. The van der Waals surface area contributed by atoms with Crippen molar-refractivity contribution in [2.45, 2.75) is 44.6 Å². The van der Waals surface area contributed by atoms with Crippen LogP contribution in [0.3, 0.4) is 0 Å². The third kappa shape index (κ3) is 5.94. The molecule has 156 valence electrons. The topological polar surface area (TPSA) is 49.8 Å². The Morgan fingerprint density at radius 3 is 2.83 bits per heavy atom. The zero-order valence-corrected chi connectivity index (χ0v) is 17.4. The number of hydrogen-bond donors (Lipinski definition) is 1. The minimum Gasteiger partial charge on any atom is -0.489 e. The van der Waals surface area contributed by atoms with Gasteiger partial charge in [0, 0.05) is 19.5 Å². The molecule has 2 aromatic carbocycles. The molecule has 1 heterocycles. The monoisotopic (exact) mass is 419 g/mol. The summed E-state index contributed by atoms with van der Waals surface area (Å²) in [6.07, 6.45) is 2.30. The molecular formula is C23H27ClFNO3. The van der Waals surface area contributed by atoms with Gasteiger partial charge in [0.1, 0.15) is 23.8 Å². The standard InChI is InChI=1S/C23H27ClFNO3/c1-17-7-9-19(24)21(15-17)29-16-23(28)11-4-13-26(14-12-23)22(27)10-8-18-5-2-3-6-20(18)25/h2-3,5-7,9,15,28H,4,8,10-14,16H2,1H3. The molecule has 0 bridgehead atoms. The maximum atomic E-state index is 13.7. The number of likely N-dealkylation sites (tertiary alicyclic amines) is 1. The minimum absolute atomic E-state index is 0.0137. The number of carbonyl (C=O) groups is 1. The summed E-state index contributed by atoms with van der Waals surface area (Å²) in [5, 5.41) is 11.5. The highest BCUT2D eigenvalue weighted by molar-refractivity contribution is 6.32. The fourth-order valence-corrected chi connectivity index (χ4v) is 3.78. The number of hydrogen-bond acceptors (Lipinski definition) is 3. The Hall–Kier alpha value is -2.11. The molecule has 29 heavy (non-hydrogen) atoms. The number of aryl methyl sites for hydroxylation is 2. The van der Waals surface area contributed by atoms with Crippen LogP contribution in [0.4, 0.5) is 4.39 Å². The fraction of sp³-hybridized carbons (Fsp3) is 0.435. The molecule has 0 aromatic heterocycles. The molecule has 2 aromatic rings. The lowest BCUT2D eigenvalue weighted by atomic mass is 9.96. The van der Waals surface area contributed by atoms with Gasteiger partial charge in [-0.05, 0) is 61.9 Å². The van der Waals surface area contributed by atoms with Crippen LogP contribution in [-0.2, 0) is 11.2 Å². The molecule has 4 nitrogen and oxygen atoms in total. The minimum atomic E-state index is -1.01. The van der Waals surface area contributed by atoms with Crippen LogP contribution >= 0.6 is 11.6 Å². The summed E-state index contributed by atoms with van der Waals surface area (Å²) in [6.45, 7) is 3.13. The number of carbonyl (C=O) groups excluding carboxylic acids is 1. The van der Waals surface area contributed by atoms with Crippen LogP contribution in [0.1, 0.15) is 36.8 Å². The first-order valence-electron chi connectivity index (χ1n) is 9.99. The molecular weight excluding hydrogens is 393 g/mol. The summed E-state index contributed by atoms with van der Waals surface area (Å²) >= 11 is 6.17. The van der Waals surface area contributed by atoms with Crippen molar-refractivity contribution < 1.29 is 19.0 Å². The van der Waals surface area contributed by atoms with E-state index in [1.54, 1.807) is 29.2 Å². The molecule has 6 heteroatoms. The Kier molecular flexibility index (Phi) is 7.14. The number of benzene rings is 2. The number of rotatable bonds is 6. The second-order valence-electron chi connectivity index (χ2n) is 7.77. The lowest BCUT2D eigenvalue weighted by Gasteiger charge is -2.27. The maximum Gasteiger partial charge on any atom is 0.222 e. The molecule has 1 N–H and O–H groups in total. The Morgan fingerprint density at radius 1 is 1.24 bits per heavy atom. The third-order valence-electron chi connectivity index (χ3n) is 5.42. The largest absolute Gasteiger partial charge is 0.489 e. The number of ether oxygens (including phenoxy) is 1. The van der Waals surface area contributed by atoms with E-state index in [2.05, 4.69) is 0 Å². The molecule has 0 radical (unpaired) electrons. The van der Waals surface area contributed by atoms with Crippen molar-refractivity contribution in [2.24, 2.45) is 0 Å². The highest BCUT2D eigenvalue weighted by Crippen LogP contribution is 2.29. The predicted molar refractivity (Wildman–Crippen MR) is 112 cm³/mol. The lowest BCUT2D eigenvalue weighted by Crippen LogP contribution is -2.38. The molecule has 1 aliphatic heterocycles. The highest BCUT2D eigenvalue weighted by atomic mass is 35.5. The van der Waals surface area contributed by atoms with Gasteiger partial charge in [-0.15, -0.1) is 0 Å². The molecule has 0 aliphatic carbocycles. The van der Waals surface area contributed by atoms with Gasteiger partial charge in [-0.3, -0.25) is 4.79 Å². The van der Waals surface area contributed by atoms with Crippen LogP contribution in [0, 0.1) is 12.7 Å². The third-order valence-corrected chi connectivity index (χ3v) is 5.73. The molecule has 0 spiro atoms. The first-order valence-corrected chi connectivity index (χ1v) is 10.4.